The molecule has 1 N–H and O–H groups in total. The molecule has 0 bridgehead atoms. The van der Waals surface area contributed by atoms with E-state index in [1.54, 1.807) is 6.92 Å². The van der Waals surface area contributed by atoms with Crippen molar-refractivity contribution in [3.63, 3.8) is 0 Å². The lowest BCUT2D eigenvalue weighted by Gasteiger charge is -2.01. The van der Waals surface area contributed by atoms with Crippen molar-refractivity contribution in [3.05, 3.63) is 50.4 Å². The molecule has 19 heavy (non-hydrogen) atoms. The lowest BCUT2D eigenvalue weighted by atomic mass is 10.1. The highest BCUT2D eigenvalue weighted by Gasteiger charge is 2.10. The Morgan fingerprint density at radius 2 is 2.00 bits per heavy atom. The maximum atomic E-state index is 11.5. The number of benzene rings is 1. The number of hydrogen-bond acceptors (Lipinski definition) is 3. The standard InChI is InChI=1S/C13H12Br2N2O2/c1-2-19-13(18)11-7-16-12(17-11)5-8-3-9(14)6-10(15)4-8/h3-4,6-7H,2,5H2,1H3,(H,16,17). The van der Waals surface area contributed by atoms with E-state index >= 15 is 0 Å². The maximum absolute atomic E-state index is 11.5. The maximum Gasteiger partial charge on any atom is 0.356 e. The highest BCUT2D eigenvalue weighted by atomic mass is 79.9. The Bertz CT molecular complexity index is 576. The van der Waals surface area contributed by atoms with Crippen molar-refractivity contribution in [1.29, 1.82) is 0 Å². The van der Waals surface area contributed by atoms with Gasteiger partial charge in [0.2, 0.25) is 0 Å². The molecule has 0 aliphatic rings. The summed E-state index contributed by atoms with van der Waals surface area (Å²) in [5.41, 5.74) is 1.47. The fourth-order valence-electron chi connectivity index (χ4n) is 1.67. The Morgan fingerprint density at radius 3 is 2.63 bits per heavy atom. The molecule has 0 fully saturated rings. The van der Waals surface area contributed by atoms with Gasteiger partial charge in [-0.25, -0.2) is 9.78 Å². The Hall–Kier alpha value is -1.14. The largest absolute Gasteiger partial charge is 0.461 e. The smallest absolute Gasteiger partial charge is 0.356 e. The predicted octanol–water partition coefficient (Wildman–Crippen LogP) is 3.70. The van der Waals surface area contributed by atoms with E-state index in [4.69, 9.17) is 4.74 Å². The van der Waals surface area contributed by atoms with Gasteiger partial charge in [0.15, 0.2) is 0 Å². The number of carbonyl (C=O) groups excluding carboxylic acids is 1. The number of H-pyrrole nitrogens is 1. The first-order chi connectivity index (χ1) is 9.08. The molecule has 2 rings (SSSR count). The van der Waals surface area contributed by atoms with E-state index in [0.717, 1.165) is 20.3 Å². The predicted molar refractivity (Wildman–Crippen MR) is 79.2 cm³/mol. The molecule has 100 valence electrons. The Labute approximate surface area is 127 Å². The quantitative estimate of drug-likeness (QED) is 0.813. The van der Waals surface area contributed by atoms with E-state index in [9.17, 15) is 4.79 Å². The van der Waals surface area contributed by atoms with Crippen molar-refractivity contribution in [3.8, 4) is 0 Å². The number of aromatic amines is 1. The highest BCUT2D eigenvalue weighted by molar-refractivity contribution is 9.11. The lowest BCUT2D eigenvalue weighted by Crippen LogP contribution is -2.05. The zero-order valence-corrected chi connectivity index (χ0v) is 13.4. The summed E-state index contributed by atoms with van der Waals surface area (Å²) in [5.74, 6) is 0.352. The van der Waals surface area contributed by atoms with Gasteiger partial charge in [-0.15, -0.1) is 0 Å². The molecule has 4 nitrogen and oxygen atoms in total. The lowest BCUT2D eigenvalue weighted by molar-refractivity contribution is 0.0520. The monoisotopic (exact) mass is 386 g/mol. The molecule has 0 spiro atoms. The van der Waals surface area contributed by atoms with Gasteiger partial charge < -0.3 is 9.72 Å². The summed E-state index contributed by atoms with van der Waals surface area (Å²) in [7, 11) is 0. The minimum absolute atomic E-state index is 0.353. The number of hydrogen-bond donors (Lipinski definition) is 1. The number of ether oxygens (including phenoxy) is 1. The molecule has 0 aliphatic carbocycles. The third kappa shape index (κ3) is 3.91. The van der Waals surface area contributed by atoms with Crippen LogP contribution in [0.1, 0.15) is 28.8 Å². The van der Waals surface area contributed by atoms with Crippen LogP contribution in [0.5, 0.6) is 0 Å². The zero-order valence-electron chi connectivity index (χ0n) is 10.2. The SMILES string of the molecule is CCOC(=O)c1cnc(Cc2cc(Br)cc(Br)c2)[nH]1. The van der Waals surface area contributed by atoms with E-state index in [1.165, 1.54) is 6.20 Å². The first-order valence-electron chi connectivity index (χ1n) is 5.74. The molecular weight excluding hydrogens is 376 g/mol. The minimum atomic E-state index is -0.378. The molecule has 0 saturated heterocycles. The van der Waals surface area contributed by atoms with Crippen molar-refractivity contribution in [2.45, 2.75) is 13.3 Å². The van der Waals surface area contributed by atoms with E-state index in [-0.39, 0.29) is 5.97 Å². The van der Waals surface area contributed by atoms with Crippen LogP contribution in [0.4, 0.5) is 0 Å². The van der Waals surface area contributed by atoms with Gasteiger partial charge in [0, 0.05) is 15.4 Å². The summed E-state index contributed by atoms with van der Waals surface area (Å²) >= 11 is 6.88. The van der Waals surface area contributed by atoms with Gasteiger partial charge in [-0.3, -0.25) is 0 Å². The summed E-state index contributed by atoms with van der Waals surface area (Å²) in [6.45, 7) is 2.12. The summed E-state index contributed by atoms with van der Waals surface area (Å²) in [4.78, 5) is 18.7. The van der Waals surface area contributed by atoms with Crippen LogP contribution < -0.4 is 0 Å². The third-order valence-corrected chi connectivity index (χ3v) is 3.33. The van der Waals surface area contributed by atoms with Crippen molar-refractivity contribution in [2.24, 2.45) is 0 Å². The van der Waals surface area contributed by atoms with Gasteiger partial charge in [0.1, 0.15) is 11.5 Å². The first kappa shape index (κ1) is 14.3. The number of rotatable bonds is 4. The number of imidazole rings is 1. The van der Waals surface area contributed by atoms with Gasteiger partial charge in [-0.1, -0.05) is 31.9 Å². The van der Waals surface area contributed by atoms with Crippen LogP contribution in [0.2, 0.25) is 0 Å². The van der Waals surface area contributed by atoms with E-state index in [1.807, 2.05) is 18.2 Å². The zero-order chi connectivity index (χ0) is 13.8. The molecule has 0 amide bonds. The number of carbonyl (C=O) groups is 1. The topological polar surface area (TPSA) is 55.0 Å². The van der Waals surface area contributed by atoms with Crippen LogP contribution in [0.3, 0.4) is 0 Å². The van der Waals surface area contributed by atoms with Crippen LogP contribution in [-0.4, -0.2) is 22.5 Å². The summed E-state index contributed by atoms with van der Waals surface area (Å²) in [6.07, 6.45) is 2.12. The number of halogens is 2. The fourth-order valence-corrected chi connectivity index (χ4v) is 3.06. The van der Waals surface area contributed by atoms with E-state index < -0.39 is 0 Å². The summed E-state index contributed by atoms with van der Waals surface area (Å²) in [6, 6.07) is 5.99. The Morgan fingerprint density at radius 1 is 1.32 bits per heavy atom. The molecule has 1 aromatic carbocycles. The number of esters is 1. The minimum Gasteiger partial charge on any atom is -0.461 e. The molecule has 0 aliphatic heterocycles. The number of nitrogens with zero attached hydrogens (tertiary/aromatic N) is 1. The second-order valence-corrected chi connectivity index (χ2v) is 5.75. The highest BCUT2D eigenvalue weighted by Crippen LogP contribution is 2.21. The summed E-state index contributed by atoms with van der Waals surface area (Å²) in [5, 5.41) is 0. The Kier molecular flexibility index (Phi) is 4.76. The molecule has 0 unspecified atom stereocenters. The van der Waals surface area contributed by atoms with Crippen molar-refractivity contribution >= 4 is 37.8 Å². The normalized spacial score (nSPS) is 10.5. The van der Waals surface area contributed by atoms with Gasteiger partial charge in [0.25, 0.3) is 0 Å². The summed E-state index contributed by atoms with van der Waals surface area (Å²) < 4.78 is 6.89. The molecule has 2 aromatic rings. The molecular formula is C13H12Br2N2O2. The molecule has 1 aromatic heterocycles. The third-order valence-electron chi connectivity index (χ3n) is 2.42. The molecule has 6 heteroatoms. The van der Waals surface area contributed by atoms with E-state index in [0.29, 0.717) is 18.7 Å². The van der Waals surface area contributed by atoms with E-state index in [2.05, 4.69) is 41.8 Å². The van der Waals surface area contributed by atoms with Crippen LogP contribution in [0.25, 0.3) is 0 Å². The van der Waals surface area contributed by atoms with Crippen molar-refractivity contribution < 1.29 is 9.53 Å². The molecule has 0 atom stereocenters. The molecule has 0 saturated carbocycles. The molecule has 0 radical (unpaired) electrons. The van der Waals surface area contributed by atoms with Crippen LogP contribution in [-0.2, 0) is 11.2 Å². The van der Waals surface area contributed by atoms with Gasteiger partial charge in [0.05, 0.1) is 12.8 Å². The van der Waals surface area contributed by atoms with Gasteiger partial charge in [-0.2, -0.15) is 0 Å². The van der Waals surface area contributed by atoms with Crippen LogP contribution >= 0.6 is 31.9 Å². The van der Waals surface area contributed by atoms with Crippen molar-refractivity contribution in [1.82, 2.24) is 9.97 Å². The number of nitrogens with one attached hydrogen (secondary N) is 1. The van der Waals surface area contributed by atoms with Gasteiger partial charge >= 0.3 is 5.97 Å². The average Bonchev–Trinajstić information content (AvgIpc) is 2.76. The first-order valence-corrected chi connectivity index (χ1v) is 7.33. The number of aromatic nitrogens is 2. The second-order valence-electron chi connectivity index (χ2n) is 3.92. The van der Waals surface area contributed by atoms with Crippen LogP contribution in [0.15, 0.2) is 33.3 Å². The van der Waals surface area contributed by atoms with Crippen LogP contribution in [0, 0.1) is 0 Å². The fraction of sp³-hybridized carbons (Fsp3) is 0.231. The van der Waals surface area contributed by atoms with Gasteiger partial charge in [-0.05, 0) is 30.7 Å². The Balaban J connectivity index is 2.13. The van der Waals surface area contributed by atoms with Crippen molar-refractivity contribution in [2.75, 3.05) is 6.61 Å². The average molecular weight is 388 g/mol. The second kappa shape index (κ2) is 6.34. The molecule has 1 heterocycles.